The van der Waals surface area contributed by atoms with Crippen molar-refractivity contribution in [3.63, 3.8) is 0 Å². The van der Waals surface area contributed by atoms with Gasteiger partial charge in [0, 0.05) is 16.3 Å². The van der Waals surface area contributed by atoms with Crippen molar-refractivity contribution in [3.8, 4) is 0 Å². The summed E-state index contributed by atoms with van der Waals surface area (Å²) in [4.78, 5) is 0. The molecule has 1 aliphatic rings. The zero-order chi connectivity index (χ0) is 10.3. The summed E-state index contributed by atoms with van der Waals surface area (Å²) in [6.45, 7) is 0. The van der Waals surface area contributed by atoms with Crippen molar-refractivity contribution in [2.24, 2.45) is 10.9 Å². The van der Waals surface area contributed by atoms with E-state index < -0.39 is 0 Å². The van der Waals surface area contributed by atoms with Crippen LogP contribution in [-0.4, -0.2) is 16.4 Å². The molecule has 82 valence electrons. The lowest BCUT2D eigenvalue weighted by Crippen LogP contribution is -2.12. The van der Waals surface area contributed by atoms with Gasteiger partial charge in [-0.1, -0.05) is 18.2 Å². The van der Waals surface area contributed by atoms with E-state index in [9.17, 15) is 0 Å². The zero-order valence-corrected chi connectivity index (χ0v) is 8.95. The highest BCUT2D eigenvalue weighted by Crippen LogP contribution is 2.29. The summed E-state index contributed by atoms with van der Waals surface area (Å²) >= 11 is 0. The number of anilines is 2. The molecule has 16 heavy (non-hydrogen) atoms. The Labute approximate surface area is 97.3 Å². The van der Waals surface area contributed by atoms with Gasteiger partial charge in [0.2, 0.25) is 0 Å². The van der Waals surface area contributed by atoms with Gasteiger partial charge in [0.05, 0.1) is 6.21 Å². The minimum Gasteiger partial charge on any atom is -0.306 e. The summed E-state index contributed by atoms with van der Waals surface area (Å²) in [5, 5.41) is 13.8. The molecule has 1 aliphatic heterocycles. The van der Waals surface area contributed by atoms with E-state index in [1.165, 1.54) is 0 Å². The van der Waals surface area contributed by atoms with Crippen LogP contribution < -0.4 is 16.7 Å². The first-order chi connectivity index (χ1) is 7.40. The van der Waals surface area contributed by atoms with Crippen molar-refractivity contribution in [1.29, 1.82) is 0 Å². The number of nitrogens with zero attached hydrogens (tertiary/aromatic N) is 3. The second kappa shape index (κ2) is 3.92. The van der Waals surface area contributed by atoms with Crippen LogP contribution in [0, 0.1) is 0 Å². The van der Waals surface area contributed by atoms with E-state index in [0.29, 0.717) is 11.6 Å². The molecule has 4 N–H and O–H groups in total. The first-order valence-corrected chi connectivity index (χ1v) is 4.45. The van der Waals surface area contributed by atoms with Gasteiger partial charge in [-0.25, -0.2) is 5.84 Å². The van der Waals surface area contributed by atoms with Crippen LogP contribution >= 0.6 is 12.4 Å². The molecule has 0 saturated heterocycles. The van der Waals surface area contributed by atoms with E-state index >= 15 is 0 Å². The lowest BCUT2D eigenvalue weighted by atomic mass is 10.1. The van der Waals surface area contributed by atoms with E-state index in [2.05, 4.69) is 26.2 Å². The van der Waals surface area contributed by atoms with Crippen LogP contribution in [0.2, 0.25) is 0 Å². The Bertz CT molecular complexity index is 567. The normalized spacial score (nSPS) is 11.8. The summed E-state index contributed by atoms with van der Waals surface area (Å²) in [6.07, 6.45) is 1.75. The highest BCUT2D eigenvalue weighted by atomic mass is 35.5. The lowest BCUT2D eigenvalue weighted by Gasteiger charge is -2.12. The number of halogens is 1. The van der Waals surface area contributed by atoms with Crippen LogP contribution in [0.1, 0.15) is 5.56 Å². The summed E-state index contributed by atoms with van der Waals surface area (Å²) in [5.74, 6) is 6.59. The zero-order valence-electron chi connectivity index (χ0n) is 8.14. The topological polar surface area (TPSA) is 88.2 Å². The van der Waals surface area contributed by atoms with Crippen LogP contribution in [-0.2, 0) is 0 Å². The highest BCUT2D eigenvalue weighted by molar-refractivity contribution is 6.10. The number of nitrogen functional groups attached to an aromatic ring is 1. The number of benzene rings is 1. The summed E-state index contributed by atoms with van der Waals surface area (Å²) in [6, 6.07) is 5.84. The van der Waals surface area contributed by atoms with Gasteiger partial charge < -0.3 is 5.43 Å². The maximum Gasteiger partial charge on any atom is 0.177 e. The van der Waals surface area contributed by atoms with Crippen molar-refractivity contribution in [2.75, 3.05) is 10.9 Å². The first-order valence-electron chi connectivity index (χ1n) is 4.45. The van der Waals surface area contributed by atoms with E-state index in [-0.39, 0.29) is 12.4 Å². The predicted octanol–water partition coefficient (Wildman–Crippen LogP) is 1.10. The molecule has 0 radical (unpaired) electrons. The largest absolute Gasteiger partial charge is 0.306 e. The molecule has 2 heterocycles. The second-order valence-electron chi connectivity index (χ2n) is 3.18. The molecule has 3 rings (SSSR count). The van der Waals surface area contributed by atoms with Crippen LogP contribution in [0.15, 0.2) is 23.3 Å². The third-order valence-corrected chi connectivity index (χ3v) is 2.35. The molecule has 0 saturated carbocycles. The quantitative estimate of drug-likeness (QED) is 0.510. The molecular weight excluding hydrogens is 228 g/mol. The van der Waals surface area contributed by atoms with E-state index in [0.717, 1.165) is 16.3 Å². The SMILES string of the molecule is Cl.NNc1nnc2c3c(cccc13)C=NN2. The molecule has 0 amide bonds. The van der Waals surface area contributed by atoms with E-state index in [4.69, 9.17) is 5.84 Å². The fraction of sp³-hybridized carbons (Fsp3) is 0. The third kappa shape index (κ3) is 1.36. The fourth-order valence-corrected chi connectivity index (χ4v) is 1.69. The second-order valence-corrected chi connectivity index (χ2v) is 3.18. The highest BCUT2D eigenvalue weighted by Gasteiger charge is 2.13. The Morgan fingerprint density at radius 2 is 2.12 bits per heavy atom. The number of rotatable bonds is 1. The van der Waals surface area contributed by atoms with Gasteiger partial charge >= 0.3 is 0 Å². The standard InChI is InChI=1S/C9H8N6.ClH/c10-12-8-6-3-1-2-5-4-11-13-9(7(5)6)15-14-8;/h1-4H,10H2,(H,12,14)(H,13,15);1H. The van der Waals surface area contributed by atoms with Gasteiger partial charge in [-0.15, -0.1) is 22.6 Å². The number of hydrazone groups is 1. The first kappa shape index (κ1) is 10.6. The third-order valence-electron chi connectivity index (χ3n) is 2.35. The number of hydrogen-bond donors (Lipinski definition) is 3. The Morgan fingerprint density at radius 1 is 1.25 bits per heavy atom. The molecule has 1 aromatic carbocycles. The number of hydrazine groups is 1. The molecular formula is C9H9ClN6. The van der Waals surface area contributed by atoms with Gasteiger partial charge in [0.1, 0.15) is 0 Å². The van der Waals surface area contributed by atoms with E-state index in [1.807, 2.05) is 18.2 Å². The number of nitrogens with two attached hydrogens (primary N) is 1. The number of hydrogen-bond acceptors (Lipinski definition) is 6. The molecule has 2 aromatic rings. The van der Waals surface area contributed by atoms with Crippen molar-refractivity contribution in [1.82, 2.24) is 10.2 Å². The van der Waals surface area contributed by atoms with Gasteiger partial charge in [-0.2, -0.15) is 5.10 Å². The molecule has 7 heteroatoms. The molecule has 0 fully saturated rings. The Hall–Kier alpha value is -1.92. The fourth-order valence-electron chi connectivity index (χ4n) is 1.69. The number of nitrogens with one attached hydrogen (secondary N) is 2. The van der Waals surface area contributed by atoms with Crippen LogP contribution in [0.25, 0.3) is 10.8 Å². The van der Waals surface area contributed by atoms with Crippen molar-refractivity contribution in [2.45, 2.75) is 0 Å². The van der Waals surface area contributed by atoms with Crippen LogP contribution in [0.3, 0.4) is 0 Å². The van der Waals surface area contributed by atoms with Gasteiger partial charge in [0.25, 0.3) is 0 Å². The van der Waals surface area contributed by atoms with Crippen LogP contribution in [0.5, 0.6) is 0 Å². The molecule has 6 nitrogen and oxygen atoms in total. The van der Waals surface area contributed by atoms with E-state index in [1.54, 1.807) is 6.21 Å². The molecule has 0 spiro atoms. The molecule has 0 aliphatic carbocycles. The van der Waals surface area contributed by atoms with Crippen molar-refractivity contribution in [3.05, 3.63) is 23.8 Å². The number of aromatic nitrogens is 2. The van der Waals surface area contributed by atoms with Gasteiger partial charge in [0.15, 0.2) is 11.6 Å². The van der Waals surface area contributed by atoms with Crippen molar-refractivity contribution >= 4 is 41.0 Å². The van der Waals surface area contributed by atoms with Gasteiger partial charge in [-0.3, -0.25) is 5.43 Å². The Kier molecular flexibility index (Phi) is 2.59. The Balaban J connectivity index is 0.000000963. The molecule has 0 bridgehead atoms. The van der Waals surface area contributed by atoms with Gasteiger partial charge in [-0.05, 0) is 0 Å². The van der Waals surface area contributed by atoms with Crippen molar-refractivity contribution < 1.29 is 0 Å². The molecule has 0 atom stereocenters. The maximum atomic E-state index is 5.37. The van der Waals surface area contributed by atoms with Crippen LogP contribution in [0.4, 0.5) is 11.6 Å². The predicted molar refractivity (Wildman–Crippen MR) is 65.8 cm³/mol. The lowest BCUT2D eigenvalue weighted by molar-refractivity contribution is 1.03. The summed E-state index contributed by atoms with van der Waals surface area (Å²) in [7, 11) is 0. The Morgan fingerprint density at radius 3 is 2.94 bits per heavy atom. The summed E-state index contributed by atoms with van der Waals surface area (Å²) in [5.41, 5.74) is 6.34. The average Bonchev–Trinajstić information content (AvgIpc) is 2.30. The average molecular weight is 237 g/mol. The smallest absolute Gasteiger partial charge is 0.177 e. The minimum absolute atomic E-state index is 0. The monoisotopic (exact) mass is 236 g/mol. The minimum atomic E-state index is 0. The molecule has 1 aromatic heterocycles. The molecule has 0 unspecified atom stereocenters. The maximum absolute atomic E-state index is 5.37. The summed E-state index contributed by atoms with van der Waals surface area (Å²) < 4.78 is 0.